The van der Waals surface area contributed by atoms with Crippen LogP contribution in [0.4, 0.5) is 11.5 Å². The Bertz CT molecular complexity index is 1200. The molecule has 2 aromatic carbocycles. The molecule has 156 valence electrons. The fourth-order valence-electron chi connectivity index (χ4n) is 3.00. The van der Waals surface area contributed by atoms with E-state index in [1.165, 1.54) is 6.07 Å². The number of benzene rings is 2. The molecule has 1 amide bonds. The average molecular weight is 417 g/mol. The van der Waals surface area contributed by atoms with Gasteiger partial charge in [0, 0.05) is 16.8 Å². The zero-order valence-corrected chi connectivity index (χ0v) is 16.2. The highest BCUT2D eigenvalue weighted by molar-refractivity contribution is 5.95. The third-order valence-electron chi connectivity index (χ3n) is 4.52. The average Bonchev–Trinajstić information content (AvgIpc) is 2.73. The number of nitrogens with one attached hydrogen (secondary N) is 1. The maximum atomic E-state index is 12.1. The van der Waals surface area contributed by atoms with Crippen LogP contribution in [0.3, 0.4) is 0 Å². The number of nitrogens with zero attached hydrogens (tertiary/aromatic N) is 2. The number of nitrogens with two attached hydrogens (primary N) is 2. The van der Waals surface area contributed by atoms with E-state index in [9.17, 15) is 20.0 Å². The van der Waals surface area contributed by atoms with Crippen LogP contribution in [-0.4, -0.2) is 33.1 Å². The smallest absolute Gasteiger partial charge is 0.321 e. The summed E-state index contributed by atoms with van der Waals surface area (Å²) in [6, 6.07) is 15.6. The van der Waals surface area contributed by atoms with Gasteiger partial charge in [0.25, 0.3) is 0 Å². The number of nitrogen functional groups attached to an aromatic ring is 1. The number of carbonyl (C=O) groups excluding carboxylic acids is 1. The molecule has 0 unspecified atom stereocenters. The Morgan fingerprint density at radius 3 is 2.55 bits per heavy atom. The third-order valence-corrected chi connectivity index (χ3v) is 4.52. The van der Waals surface area contributed by atoms with Gasteiger partial charge in [-0.15, -0.1) is 0 Å². The molecule has 0 radical (unpaired) electrons. The summed E-state index contributed by atoms with van der Waals surface area (Å²) in [7, 11) is 0. The zero-order chi connectivity index (χ0) is 22.5. The summed E-state index contributed by atoms with van der Waals surface area (Å²) in [5.41, 5.74) is 13.8. The fraction of sp³-hybridized carbons (Fsp3) is 0.0909. The van der Waals surface area contributed by atoms with Crippen LogP contribution in [0.1, 0.15) is 12.0 Å². The molecule has 1 aromatic heterocycles. The first-order valence-corrected chi connectivity index (χ1v) is 9.17. The van der Waals surface area contributed by atoms with Crippen molar-refractivity contribution in [1.82, 2.24) is 4.98 Å². The van der Waals surface area contributed by atoms with Gasteiger partial charge in [0.15, 0.2) is 0 Å². The van der Waals surface area contributed by atoms with Crippen molar-refractivity contribution in [3.8, 4) is 34.2 Å². The molecule has 0 fully saturated rings. The second-order valence-electron chi connectivity index (χ2n) is 6.72. The number of nitriles is 1. The van der Waals surface area contributed by atoms with Crippen LogP contribution in [0.15, 0.2) is 54.6 Å². The van der Waals surface area contributed by atoms with Crippen LogP contribution in [0.25, 0.3) is 22.4 Å². The number of phenols is 1. The highest BCUT2D eigenvalue weighted by Gasteiger charge is 2.18. The van der Waals surface area contributed by atoms with E-state index in [2.05, 4.69) is 10.3 Å². The van der Waals surface area contributed by atoms with E-state index in [-0.39, 0.29) is 23.6 Å². The first kappa shape index (κ1) is 21.3. The van der Waals surface area contributed by atoms with Crippen LogP contribution in [-0.2, 0) is 9.59 Å². The molecule has 9 heteroatoms. The molecular formula is C22H19N5O4. The number of carboxylic acid groups (broad SMARTS) is 1. The number of para-hydroxylation sites is 1. The fourth-order valence-corrected chi connectivity index (χ4v) is 3.00. The molecule has 0 aliphatic heterocycles. The second-order valence-corrected chi connectivity index (χ2v) is 6.72. The molecule has 0 aliphatic carbocycles. The Hall–Kier alpha value is -4.42. The van der Waals surface area contributed by atoms with E-state index in [1.807, 2.05) is 6.07 Å². The van der Waals surface area contributed by atoms with Gasteiger partial charge >= 0.3 is 5.97 Å². The van der Waals surface area contributed by atoms with Crippen LogP contribution in [0, 0.1) is 11.3 Å². The quantitative estimate of drug-likeness (QED) is 0.406. The molecule has 0 bridgehead atoms. The third kappa shape index (κ3) is 4.77. The predicted octanol–water partition coefficient (Wildman–Crippen LogP) is 2.32. The van der Waals surface area contributed by atoms with Gasteiger partial charge in [-0.3, -0.25) is 9.59 Å². The molecule has 31 heavy (non-hydrogen) atoms. The van der Waals surface area contributed by atoms with Gasteiger partial charge in [0.1, 0.15) is 29.2 Å². The number of hydrogen-bond donors (Lipinski definition) is 5. The molecular weight excluding hydrogens is 398 g/mol. The second kappa shape index (κ2) is 8.94. The highest BCUT2D eigenvalue weighted by Crippen LogP contribution is 2.35. The number of carboxylic acids is 1. The number of amides is 1. The first-order chi connectivity index (χ1) is 14.8. The molecule has 1 atom stereocenters. The Balaban J connectivity index is 2.00. The largest absolute Gasteiger partial charge is 0.507 e. The number of phenolic OH excluding ortho intramolecular Hbond substituents is 1. The van der Waals surface area contributed by atoms with Gasteiger partial charge in [0.05, 0.1) is 12.1 Å². The van der Waals surface area contributed by atoms with Crippen LogP contribution in [0.2, 0.25) is 0 Å². The molecule has 9 nitrogen and oxygen atoms in total. The summed E-state index contributed by atoms with van der Waals surface area (Å²) in [6.07, 6.45) is -0.386. The minimum atomic E-state index is -1.31. The number of aromatic nitrogens is 1. The Kier molecular flexibility index (Phi) is 6.14. The molecule has 0 aliphatic rings. The first-order valence-electron chi connectivity index (χ1n) is 9.17. The molecule has 0 saturated carbocycles. The predicted molar refractivity (Wildman–Crippen MR) is 115 cm³/mol. The van der Waals surface area contributed by atoms with Crippen molar-refractivity contribution in [2.75, 3.05) is 11.1 Å². The summed E-state index contributed by atoms with van der Waals surface area (Å²) in [4.78, 5) is 27.1. The minimum Gasteiger partial charge on any atom is -0.507 e. The number of pyridine rings is 1. The lowest BCUT2D eigenvalue weighted by molar-refractivity contribution is -0.140. The van der Waals surface area contributed by atoms with Crippen molar-refractivity contribution in [3.05, 3.63) is 60.2 Å². The van der Waals surface area contributed by atoms with Gasteiger partial charge in [-0.2, -0.15) is 5.26 Å². The van der Waals surface area contributed by atoms with Gasteiger partial charge in [-0.05, 0) is 35.9 Å². The lowest BCUT2D eigenvalue weighted by Gasteiger charge is -2.13. The normalized spacial score (nSPS) is 11.4. The topological polar surface area (TPSA) is 175 Å². The van der Waals surface area contributed by atoms with E-state index in [4.69, 9.17) is 16.6 Å². The van der Waals surface area contributed by atoms with Crippen molar-refractivity contribution < 1.29 is 19.8 Å². The molecule has 0 spiro atoms. The number of rotatable bonds is 6. The molecule has 0 saturated heterocycles. The number of carbonyl (C=O) groups is 2. The Morgan fingerprint density at radius 2 is 1.87 bits per heavy atom. The lowest BCUT2D eigenvalue weighted by atomic mass is 9.97. The van der Waals surface area contributed by atoms with Crippen LogP contribution in [0.5, 0.6) is 5.75 Å². The highest BCUT2D eigenvalue weighted by atomic mass is 16.4. The van der Waals surface area contributed by atoms with Crippen molar-refractivity contribution in [1.29, 1.82) is 5.26 Å². The zero-order valence-electron chi connectivity index (χ0n) is 16.2. The van der Waals surface area contributed by atoms with Crippen molar-refractivity contribution >= 4 is 23.4 Å². The van der Waals surface area contributed by atoms with E-state index in [1.54, 1.807) is 48.5 Å². The van der Waals surface area contributed by atoms with Gasteiger partial charge in [-0.25, -0.2) is 4.98 Å². The van der Waals surface area contributed by atoms with Crippen molar-refractivity contribution in [3.63, 3.8) is 0 Å². The van der Waals surface area contributed by atoms with E-state index >= 15 is 0 Å². The lowest BCUT2D eigenvalue weighted by Crippen LogP contribution is -2.34. The monoisotopic (exact) mass is 417 g/mol. The Labute approximate surface area is 177 Å². The molecule has 7 N–H and O–H groups in total. The van der Waals surface area contributed by atoms with Crippen molar-refractivity contribution in [2.24, 2.45) is 5.73 Å². The number of anilines is 2. The SMILES string of the molecule is N#Cc1c(-c2cccc(NC(=O)C[C@H](N)C(=O)O)c2)cc(-c2ccccc2O)nc1N. The number of aliphatic carboxylic acids is 1. The maximum absolute atomic E-state index is 12.1. The maximum Gasteiger partial charge on any atom is 0.321 e. The summed E-state index contributed by atoms with van der Waals surface area (Å²) < 4.78 is 0. The number of hydrogen-bond acceptors (Lipinski definition) is 7. The van der Waals surface area contributed by atoms with Crippen LogP contribution >= 0.6 is 0 Å². The molecule has 1 heterocycles. The molecule has 3 aromatic rings. The van der Waals surface area contributed by atoms with Gasteiger partial charge in [-0.1, -0.05) is 24.3 Å². The summed E-state index contributed by atoms with van der Waals surface area (Å²) in [5, 5.41) is 31.2. The van der Waals surface area contributed by atoms with Crippen molar-refractivity contribution in [2.45, 2.75) is 12.5 Å². The van der Waals surface area contributed by atoms with Gasteiger partial charge < -0.3 is 27.0 Å². The van der Waals surface area contributed by atoms with E-state index < -0.39 is 17.9 Å². The summed E-state index contributed by atoms with van der Waals surface area (Å²) >= 11 is 0. The Morgan fingerprint density at radius 1 is 1.13 bits per heavy atom. The van der Waals surface area contributed by atoms with Crippen LogP contribution < -0.4 is 16.8 Å². The summed E-state index contributed by atoms with van der Waals surface area (Å²) in [5.74, 6) is -1.82. The number of aromatic hydroxyl groups is 1. The minimum absolute atomic E-state index is 0.000114. The van der Waals surface area contributed by atoms with Gasteiger partial charge in [0.2, 0.25) is 5.91 Å². The molecule has 3 rings (SSSR count). The van der Waals surface area contributed by atoms with E-state index in [0.29, 0.717) is 28.1 Å². The van der Waals surface area contributed by atoms with E-state index in [0.717, 1.165) is 0 Å². The summed E-state index contributed by atoms with van der Waals surface area (Å²) in [6.45, 7) is 0. The standard InChI is InChI=1S/C22H19N5O4/c23-11-16-15(9-18(27-21(16)25)14-6-1-2-7-19(14)28)12-4-3-5-13(8-12)26-20(29)10-17(24)22(30)31/h1-9,17,28H,10,24H2,(H2,25,27)(H,26,29)(H,30,31)/t17-/m0/s1.